The number of amides is 1. The molecule has 1 saturated heterocycles. The number of hydrogen-bond acceptors (Lipinski definition) is 6. The zero-order valence-electron chi connectivity index (χ0n) is 14.8. The van der Waals surface area contributed by atoms with Crippen LogP contribution in [-0.2, 0) is 11.3 Å². The van der Waals surface area contributed by atoms with Gasteiger partial charge in [-0.05, 0) is 0 Å². The molecular formula is C17H20ClFN6O3. The first-order valence-electron chi connectivity index (χ1n) is 8.27. The average molecular weight is 411 g/mol. The van der Waals surface area contributed by atoms with Crippen molar-refractivity contribution in [3.8, 4) is 11.1 Å². The van der Waals surface area contributed by atoms with Crippen molar-refractivity contribution in [3.63, 3.8) is 0 Å². The molecule has 2 aromatic rings. The molecule has 11 heteroatoms. The molecule has 0 saturated carbocycles. The Morgan fingerprint density at radius 2 is 2.00 bits per heavy atom. The number of nitrogens with zero attached hydrogens (tertiary/aromatic N) is 4. The van der Waals surface area contributed by atoms with E-state index in [0.29, 0.717) is 43.4 Å². The van der Waals surface area contributed by atoms with Gasteiger partial charge in [-0.2, -0.15) is 0 Å². The van der Waals surface area contributed by atoms with Gasteiger partial charge >= 0.3 is 6.09 Å². The van der Waals surface area contributed by atoms with Gasteiger partial charge in [-0.15, -0.1) is 12.4 Å². The van der Waals surface area contributed by atoms with E-state index in [0.717, 1.165) is 0 Å². The third-order valence-electron chi connectivity index (χ3n) is 3.98. The molecule has 9 nitrogen and oxygen atoms in total. The second kappa shape index (κ2) is 9.81. The predicted molar refractivity (Wildman–Crippen MR) is 104 cm³/mol. The number of anilines is 1. The van der Waals surface area contributed by atoms with Crippen molar-refractivity contribution in [1.82, 2.24) is 15.3 Å². The Bertz CT molecular complexity index is 843. The number of aromatic nitrogens is 2. The van der Waals surface area contributed by atoms with Crippen LogP contribution in [0.15, 0.2) is 35.6 Å². The van der Waals surface area contributed by atoms with Crippen LogP contribution in [0.2, 0.25) is 0 Å². The topological polar surface area (TPSA) is 126 Å². The fourth-order valence-corrected chi connectivity index (χ4v) is 2.63. The number of halogens is 2. The lowest BCUT2D eigenvalue weighted by Gasteiger charge is -2.26. The van der Waals surface area contributed by atoms with Crippen molar-refractivity contribution in [2.45, 2.75) is 6.54 Å². The number of benzene rings is 1. The summed E-state index contributed by atoms with van der Waals surface area (Å²) in [6.45, 7) is 2.59. The maximum absolute atomic E-state index is 14.8. The molecule has 1 aliphatic rings. The van der Waals surface area contributed by atoms with E-state index >= 15 is 0 Å². The Morgan fingerprint density at radius 1 is 1.32 bits per heavy atom. The molecule has 1 fully saturated rings. The van der Waals surface area contributed by atoms with Gasteiger partial charge in [0.25, 0.3) is 0 Å². The van der Waals surface area contributed by atoms with Gasteiger partial charge in [-0.3, -0.25) is 5.32 Å². The highest BCUT2D eigenvalue weighted by Gasteiger charge is 2.15. The highest BCUT2D eigenvalue weighted by Crippen LogP contribution is 2.25. The smallest absolute Gasteiger partial charge is 0.411 e. The van der Waals surface area contributed by atoms with Crippen LogP contribution in [0.3, 0.4) is 0 Å². The van der Waals surface area contributed by atoms with E-state index in [4.69, 9.17) is 15.6 Å². The Kier molecular flexibility index (Phi) is 7.47. The summed E-state index contributed by atoms with van der Waals surface area (Å²) in [5, 5.41) is 10.5. The molecular weight excluding hydrogens is 391 g/mol. The van der Waals surface area contributed by atoms with Crippen LogP contribution in [0.1, 0.15) is 5.56 Å². The van der Waals surface area contributed by atoms with E-state index < -0.39 is 11.9 Å². The molecule has 28 heavy (non-hydrogen) atoms. The van der Waals surface area contributed by atoms with Crippen LogP contribution in [-0.4, -0.2) is 53.4 Å². The largest absolute Gasteiger partial charge is 0.465 e. The first-order valence-corrected chi connectivity index (χ1v) is 8.27. The minimum Gasteiger partial charge on any atom is -0.465 e. The number of carbonyl (C=O) groups is 1. The minimum absolute atomic E-state index is 0. The standard InChI is InChI=1S/C17H19FN6O3.ClH/c18-14-11(8-20-15(19)23-17(25)26)2-1-3-13(14)12-9-21-16(22-10-12)24-4-6-27-7-5-24;/h1-3,9-10H,4-8H2,(H,25,26)(H3,19,20,23);1H. The molecule has 150 valence electrons. The summed E-state index contributed by atoms with van der Waals surface area (Å²) in [6, 6.07) is 4.85. The fourth-order valence-electron chi connectivity index (χ4n) is 2.63. The van der Waals surface area contributed by atoms with Gasteiger partial charge < -0.3 is 20.5 Å². The van der Waals surface area contributed by atoms with E-state index in [1.54, 1.807) is 30.6 Å². The van der Waals surface area contributed by atoms with E-state index in [-0.39, 0.29) is 30.5 Å². The molecule has 0 bridgehead atoms. The second-order valence-electron chi connectivity index (χ2n) is 5.78. The van der Waals surface area contributed by atoms with Gasteiger partial charge in [-0.25, -0.2) is 24.1 Å². The number of guanidine groups is 1. The highest BCUT2D eigenvalue weighted by molar-refractivity contribution is 5.92. The molecule has 2 heterocycles. The maximum Gasteiger partial charge on any atom is 0.411 e. The summed E-state index contributed by atoms with van der Waals surface area (Å²) in [7, 11) is 0. The predicted octanol–water partition coefficient (Wildman–Crippen LogP) is 1.62. The number of morpholine rings is 1. The van der Waals surface area contributed by atoms with Gasteiger partial charge in [-0.1, -0.05) is 18.2 Å². The third-order valence-corrected chi connectivity index (χ3v) is 3.98. The lowest BCUT2D eigenvalue weighted by molar-refractivity contribution is 0.122. The number of rotatable bonds is 4. The molecule has 3 rings (SSSR count). The molecule has 0 spiro atoms. The molecule has 1 aromatic heterocycles. The lowest BCUT2D eigenvalue weighted by atomic mass is 10.0. The minimum atomic E-state index is -1.33. The molecule has 0 atom stereocenters. The Morgan fingerprint density at radius 3 is 2.64 bits per heavy atom. The summed E-state index contributed by atoms with van der Waals surface area (Å²) in [5.74, 6) is -0.201. The Balaban J connectivity index is 0.00000280. The van der Waals surface area contributed by atoms with E-state index in [1.165, 1.54) is 0 Å². The normalized spacial score (nSPS) is 14.3. The van der Waals surface area contributed by atoms with Crippen molar-refractivity contribution in [1.29, 1.82) is 0 Å². The van der Waals surface area contributed by atoms with Crippen LogP contribution in [0.5, 0.6) is 0 Å². The Labute approximate surface area is 166 Å². The Hall–Kier alpha value is -2.98. The number of hydrogen-bond donors (Lipinski definition) is 3. The number of nitrogens with two attached hydrogens (primary N) is 1. The number of aliphatic imine (C=N–C) groups is 1. The van der Waals surface area contributed by atoms with Crippen molar-refractivity contribution in [3.05, 3.63) is 42.0 Å². The highest BCUT2D eigenvalue weighted by atomic mass is 35.5. The summed E-state index contributed by atoms with van der Waals surface area (Å²) < 4.78 is 20.1. The van der Waals surface area contributed by atoms with Gasteiger partial charge in [0.1, 0.15) is 5.82 Å². The van der Waals surface area contributed by atoms with Gasteiger partial charge in [0.2, 0.25) is 5.95 Å². The van der Waals surface area contributed by atoms with Gasteiger partial charge in [0.15, 0.2) is 5.96 Å². The SMILES string of the molecule is Cl.NC(=NCc1cccc(-c2cnc(N3CCOCC3)nc2)c1F)NC(=O)O. The molecule has 0 radical (unpaired) electrons. The number of carboxylic acid groups (broad SMARTS) is 1. The summed E-state index contributed by atoms with van der Waals surface area (Å²) in [6.07, 6.45) is 1.82. The van der Waals surface area contributed by atoms with Crippen LogP contribution in [0.4, 0.5) is 15.1 Å². The quantitative estimate of drug-likeness (QED) is 0.516. The fraction of sp³-hybridized carbons (Fsp3) is 0.294. The van der Waals surface area contributed by atoms with E-state index in [9.17, 15) is 9.18 Å². The van der Waals surface area contributed by atoms with Crippen molar-refractivity contribution < 1.29 is 19.0 Å². The van der Waals surface area contributed by atoms with Crippen LogP contribution < -0.4 is 16.0 Å². The molecule has 0 aliphatic carbocycles. The molecule has 1 aliphatic heterocycles. The van der Waals surface area contributed by atoms with Crippen LogP contribution in [0.25, 0.3) is 11.1 Å². The molecule has 4 N–H and O–H groups in total. The summed E-state index contributed by atoms with van der Waals surface area (Å²) in [4.78, 5) is 25.0. The summed E-state index contributed by atoms with van der Waals surface area (Å²) >= 11 is 0. The zero-order chi connectivity index (χ0) is 19.2. The lowest BCUT2D eigenvalue weighted by Crippen LogP contribution is -2.37. The van der Waals surface area contributed by atoms with Gasteiger partial charge in [0, 0.05) is 42.2 Å². The third kappa shape index (κ3) is 5.27. The maximum atomic E-state index is 14.8. The zero-order valence-corrected chi connectivity index (χ0v) is 15.7. The van der Waals surface area contributed by atoms with E-state index in [1.807, 2.05) is 10.2 Å². The number of nitrogens with one attached hydrogen (secondary N) is 1. The van der Waals surface area contributed by atoms with Crippen molar-refractivity contribution in [2.24, 2.45) is 10.7 Å². The van der Waals surface area contributed by atoms with E-state index in [2.05, 4.69) is 15.0 Å². The molecule has 1 amide bonds. The van der Waals surface area contributed by atoms with Crippen LogP contribution in [0, 0.1) is 5.82 Å². The number of ether oxygens (including phenoxy) is 1. The van der Waals surface area contributed by atoms with Crippen molar-refractivity contribution in [2.75, 3.05) is 31.2 Å². The monoisotopic (exact) mass is 410 g/mol. The average Bonchev–Trinajstić information content (AvgIpc) is 2.67. The second-order valence-corrected chi connectivity index (χ2v) is 5.78. The first kappa shape index (κ1) is 21.3. The van der Waals surface area contributed by atoms with Crippen molar-refractivity contribution >= 4 is 30.4 Å². The van der Waals surface area contributed by atoms with Crippen LogP contribution >= 0.6 is 12.4 Å². The first-order chi connectivity index (χ1) is 13.0. The molecule has 0 unspecified atom stereocenters. The summed E-state index contributed by atoms with van der Waals surface area (Å²) in [5.41, 5.74) is 6.56. The van der Waals surface area contributed by atoms with Gasteiger partial charge in [0.05, 0.1) is 19.8 Å². The molecule has 1 aromatic carbocycles.